The molecule has 0 fully saturated rings. The van der Waals surface area contributed by atoms with Gasteiger partial charge in [0.05, 0.1) is 12.5 Å². The second-order valence-corrected chi connectivity index (χ2v) is 4.57. The van der Waals surface area contributed by atoms with Gasteiger partial charge >= 0.3 is 5.97 Å². The topological polar surface area (TPSA) is 79.7 Å². The van der Waals surface area contributed by atoms with Crippen molar-refractivity contribution in [1.29, 1.82) is 0 Å². The maximum absolute atomic E-state index is 11.1. The van der Waals surface area contributed by atoms with E-state index in [1.165, 1.54) is 14.0 Å². The van der Waals surface area contributed by atoms with Gasteiger partial charge in [-0.3, -0.25) is 0 Å². The highest BCUT2D eigenvalue weighted by Crippen LogP contribution is 2.38. The zero-order valence-corrected chi connectivity index (χ0v) is 11.3. The minimum Gasteiger partial charge on any atom is -0.507 e. The van der Waals surface area contributed by atoms with E-state index in [0.29, 0.717) is 21.1 Å². The van der Waals surface area contributed by atoms with E-state index in [9.17, 15) is 9.90 Å². The van der Waals surface area contributed by atoms with E-state index in [4.69, 9.17) is 9.84 Å². The van der Waals surface area contributed by atoms with Crippen LogP contribution in [0, 0.1) is 6.92 Å². The van der Waals surface area contributed by atoms with Gasteiger partial charge in [0.2, 0.25) is 0 Å². The van der Waals surface area contributed by atoms with Gasteiger partial charge in [0, 0.05) is 10.0 Å². The predicted octanol–water partition coefficient (Wildman–Crippen LogP) is 2.72. The third kappa shape index (κ3) is 1.78. The second kappa shape index (κ2) is 4.45. The van der Waals surface area contributed by atoms with Crippen molar-refractivity contribution in [1.82, 2.24) is 4.98 Å². The van der Waals surface area contributed by atoms with Gasteiger partial charge in [0.1, 0.15) is 17.0 Å². The molecule has 0 radical (unpaired) electrons. The highest BCUT2D eigenvalue weighted by Gasteiger charge is 2.19. The molecule has 0 spiro atoms. The number of aromatic nitrogens is 1. The first-order chi connectivity index (χ1) is 8.47. The third-order valence-electron chi connectivity index (χ3n) is 2.68. The lowest BCUT2D eigenvalue weighted by atomic mass is 10.1. The normalized spacial score (nSPS) is 10.6. The molecular weight excluding hydrogens is 302 g/mol. The van der Waals surface area contributed by atoms with Crippen LogP contribution in [0.4, 0.5) is 0 Å². The highest BCUT2D eigenvalue weighted by atomic mass is 79.9. The Hall–Kier alpha value is -1.82. The number of benzene rings is 1. The molecule has 2 aromatic rings. The molecule has 1 aromatic heterocycles. The standard InChI is InChI=1S/C12H10BrNO4/c1-5-9(12(16)17)14-10-7(18-2)4-3-6(13)8(10)11(5)15/h3-4H,1-2H3,(H,14,15)(H,16,17). The Morgan fingerprint density at radius 3 is 2.67 bits per heavy atom. The molecule has 94 valence electrons. The molecule has 6 heteroatoms. The molecule has 1 aromatic carbocycles. The maximum Gasteiger partial charge on any atom is 0.354 e. The van der Waals surface area contributed by atoms with E-state index in [-0.39, 0.29) is 17.0 Å². The smallest absolute Gasteiger partial charge is 0.354 e. The summed E-state index contributed by atoms with van der Waals surface area (Å²) in [5, 5.41) is 19.6. The Labute approximate surface area is 111 Å². The van der Waals surface area contributed by atoms with Crippen molar-refractivity contribution in [3.63, 3.8) is 0 Å². The summed E-state index contributed by atoms with van der Waals surface area (Å²) in [6, 6.07) is 3.36. The summed E-state index contributed by atoms with van der Waals surface area (Å²) in [5.41, 5.74) is 0.354. The number of carboxylic acid groups (broad SMARTS) is 1. The molecule has 5 nitrogen and oxygen atoms in total. The van der Waals surface area contributed by atoms with E-state index >= 15 is 0 Å². The van der Waals surface area contributed by atoms with Gasteiger partial charge in [-0.1, -0.05) is 0 Å². The van der Waals surface area contributed by atoms with Gasteiger partial charge in [-0.05, 0) is 35.0 Å². The number of aromatic carboxylic acids is 1. The Morgan fingerprint density at radius 2 is 2.11 bits per heavy atom. The van der Waals surface area contributed by atoms with Crippen molar-refractivity contribution in [2.75, 3.05) is 7.11 Å². The first-order valence-corrected chi connectivity index (χ1v) is 5.85. The summed E-state index contributed by atoms with van der Waals surface area (Å²) < 4.78 is 5.75. The first kappa shape index (κ1) is 12.6. The number of nitrogens with zero attached hydrogens (tertiary/aromatic N) is 1. The largest absolute Gasteiger partial charge is 0.507 e. The van der Waals surface area contributed by atoms with Crippen LogP contribution in [0.5, 0.6) is 11.5 Å². The molecule has 0 aliphatic rings. The monoisotopic (exact) mass is 311 g/mol. The molecule has 0 aliphatic heterocycles. The van der Waals surface area contributed by atoms with Crippen LogP contribution in [0.3, 0.4) is 0 Å². The van der Waals surface area contributed by atoms with Crippen molar-refractivity contribution in [3.05, 3.63) is 27.9 Å². The quantitative estimate of drug-likeness (QED) is 0.891. The zero-order valence-electron chi connectivity index (χ0n) is 9.69. The Bertz CT molecular complexity index is 654. The average Bonchev–Trinajstić information content (AvgIpc) is 2.33. The minimum absolute atomic E-state index is 0.108. The number of methoxy groups -OCH3 is 1. The number of pyridine rings is 1. The van der Waals surface area contributed by atoms with E-state index in [1.807, 2.05) is 0 Å². The lowest BCUT2D eigenvalue weighted by Gasteiger charge is -2.11. The van der Waals surface area contributed by atoms with Crippen LogP contribution in [0.2, 0.25) is 0 Å². The fourth-order valence-corrected chi connectivity index (χ4v) is 2.26. The van der Waals surface area contributed by atoms with Gasteiger partial charge in [-0.2, -0.15) is 0 Å². The third-order valence-corrected chi connectivity index (χ3v) is 3.34. The van der Waals surface area contributed by atoms with Gasteiger partial charge in [-0.25, -0.2) is 9.78 Å². The molecule has 0 unspecified atom stereocenters. The van der Waals surface area contributed by atoms with Crippen LogP contribution in [-0.4, -0.2) is 28.3 Å². The summed E-state index contributed by atoms with van der Waals surface area (Å²) in [6.07, 6.45) is 0. The van der Waals surface area contributed by atoms with Gasteiger partial charge in [-0.15, -0.1) is 0 Å². The van der Waals surface area contributed by atoms with Crippen LogP contribution in [0.1, 0.15) is 16.1 Å². The molecule has 0 bridgehead atoms. The molecule has 0 amide bonds. The molecule has 2 N–H and O–H groups in total. The molecular formula is C12H10BrNO4. The summed E-state index contributed by atoms with van der Waals surface area (Å²) in [6.45, 7) is 1.51. The molecule has 0 atom stereocenters. The fraction of sp³-hybridized carbons (Fsp3) is 0.167. The van der Waals surface area contributed by atoms with Gasteiger partial charge in [0.15, 0.2) is 5.69 Å². The number of rotatable bonds is 2. The van der Waals surface area contributed by atoms with Gasteiger partial charge in [0.25, 0.3) is 0 Å². The van der Waals surface area contributed by atoms with Gasteiger partial charge < -0.3 is 14.9 Å². The number of fused-ring (bicyclic) bond motifs is 1. The Balaban J connectivity index is 2.98. The fourth-order valence-electron chi connectivity index (χ4n) is 1.75. The first-order valence-electron chi connectivity index (χ1n) is 5.06. The molecule has 0 saturated carbocycles. The van der Waals surface area contributed by atoms with Crippen LogP contribution in [0.15, 0.2) is 16.6 Å². The SMILES string of the molecule is COc1ccc(Br)c2c(O)c(C)c(C(=O)O)nc12. The Morgan fingerprint density at radius 1 is 1.44 bits per heavy atom. The molecule has 2 rings (SSSR count). The molecule has 0 saturated heterocycles. The minimum atomic E-state index is -1.19. The van der Waals surface area contributed by atoms with Crippen molar-refractivity contribution in [2.24, 2.45) is 0 Å². The van der Waals surface area contributed by atoms with Crippen molar-refractivity contribution < 1.29 is 19.7 Å². The number of carboxylic acids is 1. The summed E-state index contributed by atoms with van der Waals surface area (Å²) in [7, 11) is 1.46. The number of hydrogen-bond donors (Lipinski definition) is 2. The van der Waals surface area contributed by atoms with E-state index in [1.54, 1.807) is 12.1 Å². The maximum atomic E-state index is 11.1. The Kier molecular flexibility index (Phi) is 3.13. The van der Waals surface area contributed by atoms with E-state index in [0.717, 1.165) is 0 Å². The van der Waals surface area contributed by atoms with E-state index in [2.05, 4.69) is 20.9 Å². The summed E-state index contributed by atoms with van der Waals surface area (Å²) >= 11 is 3.30. The van der Waals surface area contributed by atoms with Crippen molar-refractivity contribution in [3.8, 4) is 11.5 Å². The van der Waals surface area contributed by atoms with Crippen molar-refractivity contribution >= 4 is 32.8 Å². The number of carbonyl (C=O) groups is 1. The number of halogens is 1. The average molecular weight is 312 g/mol. The van der Waals surface area contributed by atoms with Crippen LogP contribution < -0.4 is 4.74 Å². The second-order valence-electron chi connectivity index (χ2n) is 3.71. The summed E-state index contributed by atoms with van der Waals surface area (Å²) in [4.78, 5) is 15.1. The highest BCUT2D eigenvalue weighted by molar-refractivity contribution is 9.10. The zero-order chi connectivity index (χ0) is 13.4. The lowest BCUT2D eigenvalue weighted by Crippen LogP contribution is -2.05. The molecule has 1 heterocycles. The van der Waals surface area contributed by atoms with Crippen molar-refractivity contribution in [2.45, 2.75) is 6.92 Å². The van der Waals surface area contributed by atoms with E-state index < -0.39 is 5.97 Å². The summed E-state index contributed by atoms with van der Waals surface area (Å²) in [5.74, 6) is -0.888. The number of aromatic hydroxyl groups is 1. The van der Waals surface area contributed by atoms with Crippen LogP contribution >= 0.6 is 15.9 Å². The number of ether oxygens (including phenoxy) is 1. The number of hydrogen-bond acceptors (Lipinski definition) is 4. The predicted molar refractivity (Wildman–Crippen MR) is 69.4 cm³/mol. The molecule has 0 aliphatic carbocycles. The van der Waals surface area contributed by atoms with Crippen LogP contribution in [-0.2, 0) is 0 Å². The van der Waals surface area contributed by atoms with Crippen LogP contribution in [0.25, 0.3) is 10.9 Å². The lowest BCUT2D eigenvalue weighted by molar-refractivity contribution is 0.0689. The molecule has 18 heavy (non-hydrogen) atoms.